The van der Waals surface area contributed by atoms with E-state index in [1.54, 1.807) is 25.1 Å². The molecule has 0 bridgehead atoms. The third kappa shape index (κ3) is 3.39. The molecule has 0 aliphatic rings. The van der Waals surface area contributed by atoms with Gasteiger partial charge in [0.2, 0.25) is 0 Å². The summed E-state index contributed by atoms with van der Waals surface area (Å²) >= 11 is 6.29. The van der Waals surface area contributed by atoms with Gasteiger partial charge in [0.1, 0.15) is 10.4 Å². The number of carbonyl (C=O) groups excluding carboxylic acids is 1. The summed E-state index contributed by atoms with van der Waals surface area (Å²) in [5.41, 5.74) is 1.66. The second kappa shape index (κ2) is 5.79. The average molecular weight is 388 g/mol. The first-order valence-electron chi connectivity index (χ1n) is 5.36. The molecule has 1 aromatic heterocycles. The Bertz CT molecular complexity index is 647. The predicted octanol–water partition coefficient (Wildman–Crippen LogP) is 4.31. The summed E-state index contributed by atoms with van der Waals surface area (Å²) in [6, 6.07) is 6.09. The Labute approximate surface area is 126 Å². The van der Waals surface area contributed by atoms with Crippen molar-refractivity contribution in [1.82, 2.24) is 4.98 Å². The van der Waals surface area contributed by atoms with Crippen LogP contribution in [0, 0.1) is 12.7 Å². The van der Waals surface area contributed by atoms with E-state index in [1.165, 1.54) is 12.3 Å². The van der Waals surface area contributed by atoms with Gasteiger partial charge < -0.3 is 5.32 Å². The SMILES string of the molecule is Cc1cc(Br)c(F)cc1NC(=O)c1ccnc(Br)c1. The lowest BCUT2D eigenvalue weighted by atomic mass is 10.2. The molecule has 0 unspecified atom stereocenters. The number of amides is 1. The molecule has 2 rings (SSSR count). The Morgan fingerprint density at radius 2 is 2.05 bits per heavy atom. The lowest BCUT2D eigenvalue weighted by molar-refractivity contribution is 0.102. The summed E-state index contributed by atoms with van der Waals surface area (Å²) < 4.78 is 14.4. The number of carbonyl (C=O) groups is 1. The van der Waals surface area contributed by atoms with Crippen molar-refractivity contribution < 1.29 is 9.18 Å². The maximum atomic E-state index is 13.5. The maximum absolute atomic E-state index is 13.5. The molecule has 1 aromatic carbocycles. The van der Waals surface area contributed by atoms with Gasteiger partial charge in [-0.3, -0.25) is 4.79 Å². The smallest absolute Gasteiger partial charge is 0.255 e. The minimum absolute atomic E-state index is 0.312. The van der Waals surface area contributed by atoms with Crippen molar-refractivity contribution in [2.75, 3.05) is 5.32 Å². The molecular formula is C13H9Br2FN2O. The molecule has 1 heterocycles. The van der Waals surface area contributed by atoms with Crippen LogP contribution in [0.4, 0.5) is 10.1 Å². The molecule has 0 fully saturated rings. The zero-order chi connectivity index (χ0) is 14.0. The molecular weight excluding hydrogens is 379 g/mol. The average Bonchev–Trinajstić information content (AvgIpc) is 2.36. The van der Waals surface area contributed by atoms with E-state index in [9.17, 15) is 9.18 Å². The Kier molecular flexibility index (Phi) is 4.31. The van der Waals surface area contributed by atoms with Crippen LogP contribution in [-0.2, 0) is 0 Å². The van der Waals surface area contributed by atoms with Gasteiger partial charge in [-0.15, -0.1) is 0 Å². The Morgan fingerprint density at radius 1 is 1.32 bits per heavy atom. The van der Waals surface area contributed by atoms with Crippen LogP contribution in [0.2, 0.25) is 0 Å². The zero-order valence-electron chi connectivity index (χ0n) is 9.88. The second-order valence-electron chi connectivity index (χ2n) is 3.90. The first-order chi connectivity index (χ1) is 8.97. The fourth-order valence-electron chi connectivity index (χ4n) is 1.52. The number of rotatable bonds is 2. The van der Waals surface area contributed by atoms with Crippen LogP contribution in [0.15, 0.2) is 39.5 Å². The van der Waals surface area contributed by atoms with Gasteiger partial charge in [0.25, 0.3) is 5.91 Å². The predicted molar refractivity (Wildman–Crippen MR) is 78.7 cm³/mol. The van der Waals surface area contributed by atoms with Crippen molar-refractivity contribution in [1.29, 1.82) is 0 Å². The highest BCUT2D eigenvalue weighted by atomic mass is 79.9. The third-order valence-electron chi connectivity index (χ3n) is 2.50. The van der Waals surface area contributed by atoms with Gasteiger partial charge in [-0.1, -0.05) is 0 Å². The quantitative estimate of drug-likeness (QED) is 0.780. The molecule has 0 aliphatic heterocycles. The molecule has 6 heteroatoms. The van der Waals surface area contributed by atoms with Crippen LogP contribution in [0.25, 0.3) is 0 Å². The Balaban J connectivity index is 2.27. The van der Waals surface area contributed by atoms with Crippen molar-refractivity contribution >= 4 is 43.5 Å². The van der Waals surface area contributed by atoms with Crippen molar-refractivity contribution in [3.63, 3.8) is 0 Å². The largest absolute Gasteiger partial charge is 0.322 e. The number of hydrogen-bond donors (Lipinski definition) is 1. The van der Waals surface area contributed by atoms with Crippen molar-refractivity contribution in [3.05, 3.63) is 56.5 Å². The highest BCUT2D eigenvalue weighted by Crippen LogP contribution is 2.24. The number of halogens is 3. The molecule has 0 spiro atoms. The number of benzene rings is 1. The summed E-state index contributed by atoms with van der Waals surface area (Å²) in [5, 5.41) is 2.67. The monoisotopic (exact) mass is 386 g/mol. The normalized spacial score (nSPS) is 10.3. The maximum Gasteiger partial charge on any atom is 0.255 e. The summed E-state index contributed by atoms with van der Waals surface area (Å²) in [6.07, 6.45) is 1.52. The highest BCUT2D eigenvalue weighted by Gasteiger charge is 2.10. The second-order valence-corrected chi connectivity index (χ2v) is 5.57. The molecule has 98 valence electrons. The van der Waals surface area contributed by atoms with Gasteiger partial charge in [0.05, 0.1) is 4.47 Å². The first kappa shape index (κ1) is 14.1. The van der Waals surface area contributed by atoms with Crippen LogP contribution < -0.4 is 5.32 Å². The van der Waals surface area contributed by atoms with E-state index in [1.807, 2.05) is 0 Å². The lowest BCUT2D eigenvalue weighted by Gasteiger charge is -2.09. The number of anilines is 1. The summed E-state index contributed by atoms with van der Waals surface area (Å²) in [7, 11) is 0. The van der Waals surface area contributed by atoms with Gasteiger partial charge in [0.15, 0.2) is 0 Å². The van der Waals surface area contributed by atoms with Crippen LogP contribution in [0.5, 0.6) is 0 Å². The Morgan fingerprint density at radius 3 is 2.74 bits per heavy atom. The fourth-order valence-corrected chi connectivity index (χ4v) is 2.34. The number of hydrogen-bond acceptors (Lipinski definition) is 2. The standard InChI is InChI=1S/C13H9Br2FN2O/c1-7-4-9(14)10(16)6-11(7)18-13(19)8-2-3-17-12(15)5-8/h2-6H,1H3,(H,18,19). The Hall–Kier alpha value is -1.27. The molecule has 1 N–H and O–H groups in total. The van der Waals surface area contributed by atoms with E-state index >= 15 is 0 Å². The van der Waals surface area contributed by atoms with E-state index in [0.29, 0.717) is 20.3 Å². The number of aromatic nitrogens is 1. The molecule has 3 nitrogen and oxygen atoms in total. The molecule has 0 atom stereocenters. The molecule has 1 amide bonds. The highest BCUT2D eigenvalue weighted by molar-refractivity contribution is 9.10. The van der Waals surface area contributed by atoms with Gasteiger partial charge >= 0.3 is 0 Å². The van der Waals surface area contributed by atoms with Crippen LogP contribution in [-0.4, -0.2) is 10.9 Å². The van der Waals surface area contributed by atoms with Crippen LogP contribution >= 0.6 is 31.9 Å². The van der Waals surface area contributed by atoms with Gasteiger partial charge in [-0.05, 0) is 68.6 Å². The number of pyridine rings is 1. The van der Waals surface area contributed by atoms with Gasteiger partial charge in [-0.25, -0.2) is 9.37 Å². The number of nitrogens with zero attached hydrogens (tertiary/aromatic N) is 1. The summed E-state index contributed by atoms with van der Waals surface area (Å²) in [5.74, 6) is -0.732. The van der Waals surface area contributed by atoms with Gasteiger partial charge in [0, 0.05) is 17.4 Å². The molecule has 2 aromatic rings. The van der Waals surface area contributed by atoms with E-state index in [4.69, 9.17) is 0 Å². The van der Waals surface area contributed by atoms with Crippen molar-refractivity contribution in [3.8, 4) is 0 Å². The van der Waals surface area contributed by atoms with Crippen LogP contribution in [0.3, 0.4) is 0 Å². The molecule has 0 aliphatic carbocycles. The number of nitrogens with one attached hydrogen (secondary N) is 1. The van der Waals surface area contributed by atoms with Crippen LogP contribution in [0.1, 0.15) is 15.9 Å². The molecule has 0 saturated heterocycles. The zero-order valence-corrected chi connectivity index (χ0v) is 13.0. The lowest BCUT2D eigenvalue weighted by Crippen LogP contribution is -2.13. The molecule has 0 saturated carbocycles. The fraction of sp³-hybridized carbons (Fsp3) is 0.0769. The van der Waals surface area contributed by atoms with Gasteiger partial charge in [-0.2, -0.15) is 0 Å². The molecule has 19 heavy (non-hydrogen) atoms. The molecule has 0 radical (unpaired) electrons. The minimum Gasteiger partial charge on any atom is -0.322 e. The summed E-state index contributed by atoms with van der Waals surface area (Å²) in [6.45, 7) is 1.79. The first-order valence-corrected chi connectivity index (χ1v) is 6.94. The van der Waals surface area contributed by atoms with E-state index in [0.717, 1.165) is 5.56 Å². The summed E-state index contributed by atoms with van der Waals surface area (Å²) in [4.78, 5) is 16.0. The number of aryl methyl sites for hydroxylation is 1. The third-order valence-corrected chi connectivity index (χ3v) is 3.55. The van der Waals surface area contributed by atoms with E-state index < -0.39 is 5.82 Å². The minimum atomic E-state index is -0.420. The van der Waals surface area contributed by atoms with E-state index in [-0.39, 0.29) is 5.91 Å². The van der Waals surface area contributed by atoms with Crippen molar-refractivity contribution in [2.24, 2.45) is 0 Å². The topological polar surface area (TPSA) is 42.0 Å². The van der Waals surface area contributed by atoms with Crippen molar-refractivity contribution in [2.45, 2.75) is 6.92 Å². The van der Waals surface area contributed by atoms with E-state index in [2.05, 4.69) is 42.2 Å².